The van der Waals surface area contributed by atoms with Gasteiger partial charge in [-0.1, -0.05) is 122 Å². The van der Waals surface area contributed by atoms with Gasteiger partial charge in [-0.25, -0.2) is 4.99 Å². The molecule has 0 spiro atoms. The van der Waals surface area contributed by atoms with E-state index in [9.17, 15) is 9.59 Å². The maximum absolute atomic E-state index is 14.2. The Morgan fingerprint density at radius 3 is 2.37 bits per heavy atom. The molecule has 2 aliphatic rings. The molecule has 2 atom stereocenters. The van der Waals surface area contributed by atoms with Gasteiger partial charge in [0, 0.05) is 23.3 Å². The highest BCUT2D eigenvalue weighted by molar-refractivity contribution is 6.09. The van der Waals surface area contributed by atoms with E-state index in [1.165, 1.54) is 11.1 Å². The van der Waals surface area contributed by atoms with Crippen LogP contribution in [0.5, 0.6) is 0 Å². The molecular formula is C40H49NO2. The number of aryl methyl sites for hydroxylation is 2. The van der Waals surface area contributed by atoms with Gasteiger partial charge in [-0.2, -0.15) is 0 Å². The molecule has 0 radical (unpaired) electrons. The lowest BCUT2D eigenvalue weighted by Crippen LogP contribution is -2.39. The van der Waals surface area contributed by atoms with Gasteiger partial charge >= 0.3 is 0 Å². The molecule has 0 aliphatic heterocycles. The van der Waals surface area contributed by atoms with Crippen molar-refractivity contribution in [3.63, 3.8) is 0 Å². The van der Waals surface area contributed by atoms with E-state index in [1.807, 2.05) is 12.1 Å². The monoisotopic (exact) mass is 575 g/mol. The van der Waals surface area contributed by atoms with Crippen molar-refractivity contribution in [3.05, 3.63) is 106 Å². The van der Waals surface area contributed by atoms with Crippen molar-refractivity contribution >= 4 is 17.9 Å². The molecule has 0 aromatic heterocycles. The summed E-state index contributed by atoms with van der Waals surface area (Å²) in [5, 5.41) is 0. The summed E-state index contributed by atoms with van der Waals surface area (Å²) in [5.41, 5.74) is 9.08. The van der Waals surface area contributed by atoms with Crippen molar-refractivity contribution in [3.8, 4) is 11.1 Å². The molecule has 3 nitrogen and oxygen atoms in total. The number of Topliss-reactive ketones (excluding diaryl/α,β-unsaturated/α-hetero) is 1. The maximum atomic E-state index is 14.2. The zero-order valence-corrected chi connectivity index (χ0v) is 27.6. The Labute approximate surface area is 259 Å². The molecule has 0 heterocycles. The number of nitrogens with zero attached hydrogens (tertiary/aromatic N) is 1. The van der Waals surface area contributed by atoms with Gasteiger partial charge < -0.3 is 0 Å². The van der Waals surface area contributed by atoms with Crippen molar-refractivity contribution < 1.29 is 9.59 Å². The second-order valence-corrected chi connectivity index (χ2v) is 14.2. The van der Waals surface area contributed by atoms with Gasteiger partial charge in [0.25, 0.3) is 5.91 Å². The Balaban J connectivity index is 1.61. The summed E-state index contributed by atoms with van der Waals surface area (Å²) in [4.78, 5) is 32.0. The van der Waals surface area contributed by atoms with Crippen LogP contribution in [0.2, 0.25) is 0 Å². The minimum absolute atomic E-state index is 0.0957. The van der Waals surface area contributed by atoms with Crippen LogP contribution >= 0.6 is 0 Å². The average Bonchev–Trinajstić information content (AvgIpc) is 3.42. The molecule has 2 unspecified atom stereocenters. The van der Waals surface area contributed by atoms with Crippen molar-refractivity contribution in [1.29, 1.82) is 0 Å². The zero-order chi connectivity index (χ0) is 31.7. The molecule has 2 aromatic rings. The lowest BCUT2D eigenvalue weighted by atomic mass is 9.60. The normalized spacial score (nSPS) is 20.5. The minimum atomic E-state index is -0.407. The van der Waals surface area contributed by atoms with E-state index in [0.29, 0.717) is 29.1 Å². The van der Waals surface area contributed by atoms with Gasteiger partial charge in [-0.05, 0) is 88.8 Å². The Bertz CT molecular complexity index is 1540. The topological polar surface area (TPSA) is 46.5 Å². The average molecular weight is 576 g/mol. The van der Waals surface area contributed by atoms with Crippen molar-refractivity contribution in [2.45, 2.75) is 87.5 Å². The lowest BCUT2D eigenvalue weighted by molar-refractivity contribution is -0.122. The summed E-state index contributed by atoms with van der Waals surface area (Å²) in [7, 11) is 0. The number of aliphatic imine (C=N–C) groups is 1. The smallest absolute Gasteiger partial charge is 0.276 e. The zero-order valence-electron chi connectivity index (χ0n) is 27.6. The van der Waals surface area contributed by atoms with Crippen molar-refractivity contribution in [2.24, 2.45) is 27.7 Å². The number of ketones is 1. The molecule has 226 valence electrons. The third-order valence-electron chi connectivity index (χ3n) is 9.76. The first-order valence-electron chi connectivity index (χ1n) is 15.8. The fourth-order valence-corrected chi connectivity index (χ4v) is 6.54. The molecule has 2 aliphatic carbocycles. The number of rotatable bonds is 8. The summed E-state index contributed by atoms with van der Waals surface area (Å²) < 4.78 is 0. The number of carbonyl (C=O) groups excluding carboxylic acids is 2. The fraction of sp³-hybridized carbons (Fsp3) is 0.425. The lowest BCUT2D eigenvalue weighted by Gasteiger charge is -2.43. The molecule has 0 N–H and O–H groups in total. The fourth-order valence-electron chi connectivity index (χ4n) is 6.54. The van der Waals surface area contributed by atoms with E-state index < -0.39 is 5.91 Å². The van der Waals surface area contributed by atoms with Crippen molar-refractivity contribution in [2.75, 3.05) is 0 Å². The van der Waals surface area contributed by atoms with Crippen LogP contribution in [0.3, 0.4) is 0 Å². The van der Waals surface area contributed by atoms with Crippen LogP contribution in [0, 0.1) is 29.6 Å². The van der Waals surface area contributed by atoms with E-state index in [4.69, 9.17) is 0 Å². The Kier molecular flexibility index (Phi) is 9.45. The Morgan fingerprint density at radius 1 is 1.07 bits per heavy atom. The predicted octanol–water partition coefficient (Wildman–Crippen LogP) is 9.99. The van der Waals surface area contributed by atoms with Crippen LogP contribution in [-0.4, -0.2) is 17.9 Å². The van der Waals surface area contributed by atoms with Crippen molar-refractivity contribution in [1.82, 2.24) is 0 Å². The second-order valence-electron chi connectivity index (χ2n) is 14.2. The highest BCUT2D eigenvalue weighted by atomic mass is 16.1. The van der Waals surface area contributed by atoms with Gasteiger partial charge in [-0.3, -0.25) is 9.59 Å². The van der Waals surface area contributed by atoms with Gasteiger partial charge in [0.15, 0.2) is 5.78 Å². The molecule has 43 heavy (non-hydrogen) atoms. The Hall–Kier alpha value is -3.59. The van der Waals surface area contributed by atoms with Crippen LogP contribution in [0.1, 0.15) is 90.8 Å². The number of carbonyl (C=O) groups is 2. The van der Waals surface area contributed by atoms with Crippen LogP contribution in [-0.2, 0) is 16.0 Å². The van der Waals surface area contributed by atoms with E-state index in [2.05, 4.69) is 110 Å². The number of allylic oxidation sites excluding steroid dienone is 4. The first kappa shape index (κ1) is 32.3. The SMILES string of the molecule is C=C(C(=O)N=Cc1ccc(C)c(-c2ccc(CCC)cc2)c1)C1=C(C(=O)C2CCC(C)C(=C)C2(C)C)C=C(C(C)(C)C)C1. The predicted molar refractivity (Wildman–Crippen MR) is 181 cm³/mol. The molecule has 2 aromatic carbocycles. The standard InChI is InChI=1S/C40H49NO2/c1-11-12-29-16-18-31(19-17-29)33-21-30(15-13-26(33)3)24-41-38(43)27(4)34-22-32(39(6,7)8)23-35(34)37(42)36-20-14-25(2)28(5)40(36,9)10/h13,15-19,21,23-25,36H,4-5,11-12,14,20,22H2,1-3,6-10H3. The molecule has 3 heteroatoms. The molecular weight excluding hydrogens is 526 g/mol. The maximum Gasteiger partial charge on any atom is 0.276 e. The number of benzene rings is 2. The van der Waals surface area contributed by atoms with Crippen LogP contribution in [0.25, 0.3) is 11.1 Å². The van der Waals surface area contributed by atoms with E-state index in [0.717, 1.165) is 53.5 Å². The number of amides is 1. The Morgan fingerprint density at radius 2 is 1.74 bits per heavy atom. The number of hydrogen-bond donors (Lipinski definition) is 0. The van der Waals surface area contributed by atoms with E-state index >= 15 is 0 Å². The largest absolute Gasteiger partial charge is 0.294 e. The minimum Gasteiger partial charge on any atom is -0.294 e. The molecule has 1 saturated carbocycles. The van der Waals surface area contributed by atoms with E-state index in [-0.39, 0.29) is 22.5 Å². The van der Waals surface area contributed by atoms with Gasteiger partial charge in [-0.15, -0.1) is 0 Å². The summed E-state index contributed by atoms with van der Waals surface area (Å²) in [6, 6.07) is 14.8. The van der Waals surface area contributed by atoms with Crippen LogP contribution in [0.15, 0.2) is 94.6 Å². The van der Waals surface area contributed by atoms with Crippen LogP contribution < -0.4 is 0 Å². The second kappa shape index (κ2) is 12.6. The highest BCUT2D eigenvalue weighted by Gasteiger charge is 2.44. The summed E-state index contributed by atoms with van der Waals surface area (Å²) in [6.07, 6.45) is 8.14. The molecule has 0 saturated heterocycles. The highest BCUT2D eigenvalue weighted by Crippen LogP contribution is 2.49. The van der Waals surface area contributed by atoms with Gasteiger partial charge in [0.2, 0.25) is 0 Å². The third kappa shape index (κ3) is 6.82. The molecule has 4 rings (SSSR count). The van der Waals surface area contributed by atoms with Gasteiger partial charge in [0.05, 0.1) is 0 Å². The van der Waals surface area contributed by atoms with Crippen LogP contribution in [0.4, 0.5) is 0 Å². The van der Waals surface area contributed by atoms with E-state index in [1.54, 1.807) is 6.21 Å². The number of hydrogen-bond acceptors (Lipinski definition) is 2. The third-order valence-corrected chi connectivity index (χ3v) is 9.76. The van der Waals surface area contributed by atoms with Gasteiger partial charge in [0.1, 0.15) is 0 Å². The molecule has 1 fully saturated rings. The first-order chi connectivity index (χ1) is 20.1. The quantitative estimate of drug-likeness (QED) is 0.179. The molecule has 0 bridgehead atoms. The first-order valence-corrected chi connectivity index (χ1v) is 15.8. The summed E-state index contributed by atoms with van der Waals surface area (Å²) >= 11 is 0. The molecule has 1 amide bonds. The summed E-state index contributed by atoms with van der Waals surface area (Å²) in [6.45, 7) is 25.7. The summed E-state index contributed by atoms with van der Waals surface area (Å²) in [5.74, 6) is -0.0928.